The van der Waals surface area contributed by atoms with Gasteiger partial charge >= 0.3 is 0 Å². The van der Waals surface area contributed by atoms with Gasteiger partial charge in [0.1, 0.15) is 5.01 Å². The molecule has 3 aromatic rings. The highest BCUT2D eigenvalue weighted by molar-refractivity contribution is 7.89. The van der Waals surface area contributed by atoms with E-state index in [1.165, 1.54) is 11.3 Å². The van der Waals surface area contributed by atoms with Gasteiger partial charge in [0.05, 0.1) is 4.90 Å². The molecule has 0 spiro atoms. The van der Waals surface area contributed by atoms with Crippen LogP contribution in [0.15, 0.2) is 53.4 Å². The Bertz CT molecular complexity index is 1060. The van der Waals surface area contributed by atoms with Gasteiger partial charge in [0, 0.05) is 18.5 Å². The van der Waals surface area contributed by atoms with Gasteiger partial charge in [0.15, 0.2) is 0 Å². The molecule has 0 aliphatic carbocycles. The molecule has 0 aliphatic rings. The first-order valence-corrected chi connectivity index (χ1v) is 10.9. The molecule has 1 aromatic heterocycles. The average Bonchev–Trinajstić information content (AvgIpc) is 3.09. The van der Waals surface area contributed by atoms with Crippen LogP contribution in [-0.2, 0) is 16.4 Å². The molecule has 3 rings (SSSR count). The number of carbonyl (C=O) groups excluding carboxylic acids is 1. The molecule has 0 fully saturated rings. The van der Waals surface area contributed by atoms with E-state index >= 15 is 0 Å². The molecule has 1 amide bonds. The summed E-state index contributed by atoms with van der Waals surface area (Å²) < 4.78 is 27.1. The van der Waals surface area contributed by atoms with E-state index in [9.17, 15) is 13.2 Å². The lowest BCUT2D eigenvalue weighted by atomic mass is 10.1. The predicted molar refractivity (Wildman–Crippen MR) is 109 cm³/mol. The zero-order valence-electron chi connectivity index (χ0n) is 15.5. The first-order valence-electron chi connectivity index (χ1n) is 8.60. The van der Waals surface area contributed by atoms with Crippen molar-refractivity contribution in [3.63, 3.8) is 0 Å². The van der Waals surface area contributed by atoms with Gasteiger partial charge < -0.3 is 0 Å². The van der Waals surface area contributed by atoms with Gasteiger partial charge in [-0.15, -0.1) is 10.2 Å². The average molecular weight is 417 g/mol. The van der Waals surface area contributed by atoms with Crippen molar-refractivity contribution >= 4 is 32.4 Å². The topological polar surface area (TPSA) is 101 Å². The van der Waals surface area contributed by atoms with Gasteiger partial charge in [-0.2, -0.15) is 0 Å². The van der Waals surface area contributed by atoms with E-state index in [0.29, 0.717) is 22.1 Å². The van der Waals surface area contributed by atoms with Crippen LogP contribution in [-0.4, -0.2) is 31.1 Å². The molecule has 0 radical (unpaired) electrons. The van der Waals surface area contributed by atoms with Crippen LogP contribution in [0.25, 0.3) is 0 Å². The van der Waals surface area contributed by atoms with E-state index in [-0.39, 0.29) is 17.3 Å². The number of hydrogen-bond donors (Lipinski definition) is 2. The fraction of sp³-hybridized carbons (Fsp3) is 0.211. The Labute approximate surface area is 167 Å². The van der Waals surface area contributed by atoms with Crippen molar-refractivity contribution in [2.75, 3.05) is 11.9 Å². The number of aromatic nitrogens is 2. The summed E-state index contributed by atoms with van der Waals surface area (Å²) in [7, 11) is -3.56. The summed E-state index contributed by atoms with van der Waals surface area (Å²) in [5.74, 6) is -0.261. The van der Waals surface area contributed by atoms with Crippen LogP contribution in [0.3, 0.4) is 0 Å². The molecule has 0 saturated heterocycles. The zero-order valence-corrected chi connectivity index (χ0v) is 17.1. The molecule has 28 heavy (non-hydrogen) atoms. The third-order valence-corrected chi connectivity index (χ3v) is 6.34. The maximum atomic E-state index is 12.3. The first-order chi connectivity index (χ1) is 13.3. The van der Waals surface area contributed by atoms with Gasteiger partial charge in [-0.3, -0.25) is 10.1 Å². The standard InChI is InChI=1S/C19H20N4O3S2/c1-13-3-7-15(8-4-13)18(24)21-19-23-22-17(27-19)11-12-20-28(25,26)16-9-5-14(2)6-10-16/h3-10,20H,11-12H2,1-2H3,(H,21,23,24). The fourth-order valence-electron chi connectivity index (χ4n) is 2.37. The Hall–Kier alpha value is -2.62. The number of nitrogens with one attached hydrogen (secondary N) is 2. The Morgan fingerprint density at radius 1 is 0.964 bits per heavy atom. The SMILES string of the molecule is Cc1ccc(C(=O)Nc2nnc(CCNS(=O)(=O)c3ccc(C)cc3)s2)cc1. The van der Waals surface area contributed by atoms with E-state index in [0.717, 1.165) is 11.1 Å². The van der Waals surface area contributed by atoms with E-state index in [1.807, 2.05) is 26.0 Å². The monoisotopic (exact) mass is 416 g/mol. The molecule has 0 bridgehead atoms. The molecule has 2 aromatic carbocycles. The van der Waals surface area contributed by atoms with Gasteiger partial charge in [-0.05, 0) is 38.1 Å². The molecule has 2 N–H and O–H groups in total. The number of hydrogen-bond acceptors (Lipinski definition) is 6. The Morgan fingerprint density at radius 3 is 2.21 bits per heavy atom. The van der Waals surface area contributed by atoms with Gasteiger partial charge in [0.25, 0.3) is 5.91 Å². The van der Waals surface area contributed by atoms with Crippen molar-refractivity contribution in [3.8, 4) is 0 Å². The van der Waals surface area contributed by atoms with Crippen molar-refractivity contribution in [2.24, 2.45) is 0 Å². The predicted octanol–water partition coefficient (Wildman–Crippen LogP) is 2.93. The minimum absolute atomic E-state index is 0.191. The number of aryl methyl sites for hydroxylation is 2. The molecule has 146 valence electrons. The molecular weight excluding hydrogens is 396 g/mol. The highest BCUT2D eigenvalue weighted by Gasteiger charge is 2.14. The van der Waals surface area contributed by atoms with Crippen LogP contribution < -0.4 is 10.0 Å². The number of benzene rings is 2. The van der Waals surface area contributed by atoms with Crippen LogP contribution in [0, 0.1) is 13.8 Å². The summed E-state index contributed by atoms with van der Waals surface area (Å²) in [6, 6.07) is 13.9. The van der Waals surface area contributed by atoms with E-state index in [4.69, 9.17) is 0 Å². The smallest absolute Gasteiger partial charge is 0.257 e. The van der Waals surface area contributed by atoms with Crippen LogP contribution in [0.4, 0.5) is 5.13 Å². The molecule has 0 atom stereocenters. The van der Waals surface area contributed by atoms with Gasteiger partial charge in [-0.1, -0.05) is 46.7 Å². The molecule has 7 nitrogen and oxygen atoms in total. The second-order valence-electron chi connectivity index (χ2n) is 6.28. The molecule has 1 heterocycles. The number of amides is 1. The molecule has 0 unspecified atom stereocenters. The van der Waals surface area contributed by atoms with E-state index < -0.39 is 10.0 Å². The Kier molecular flexibility index (Phi) is 6.18. The minimum atomic E-state index is -3.56. The number of sulfonamides is 1. The Morgan fingerprint density at radius 2 is 1.57 bits per heavy atom. The highest BCUT2D eigenvalue weighted by Crippen LogP contribution is 2.17. The Balaban J connectivity index is 1.54. The summed E-state index contributed by atoms with van der Waals surface area (Å²) in [4.78, 5) is 12.4. The van der Waals surface area contributed by atoms with Crippen molar-refractivity contribution in [3.05, 3.63) is 70.2 Å². The number of carbonyl (C=O) groups is 1. The summed E-state index contributed by atoms with van der Waals surface area (Å²) in [6.45, 7) is 4.04. The third kappa shape index (κ3) is 5.22. The molecule has 9 heteroatoms. The van der Waals surface area contributed by atoms with Gasteiger partial charge in [0.2, 0.25) is 15.2 Å². The lowest BCUT2D eigenvalue weighted by Crippen LogP contribution is -2.25. The zero-order chi connectivity index (χ0) is 20.1. The summed E-state index contributed by atoms with van der Waals surface area (Å²) in [5, 5.41) is 11.7. The van der Waals surface area contributed by atoms with E-state index in [2.05, 4.69) is 20.2 Å². The molecule has 0 saturated carbocycles. The molecule has 0 aliphatic heterocycles. The third-order valence-electron chi connectivity index (χ3n) is 3.96. The largest absolute Gasteiger partial charge is 0.296 e. The number of nitrogens with zero attached hydrogens (tertiary/aromatic N) is 2. The minimum Gasteiger partial charge on any atom is -0.296 e. The van der Waals surface area contributed by atoms with Crippen molar-refractivity contribution in [2.45, 2.75) is 25.2 Å². The van der Waals surface area contributed by atoms with Crippen LogP contribution in [0.2, 0.25) is 0 Å². The highest BCUT2D eigenvalue weighted by atomic mass is 32.2. The number of rotatable bonds is 7. The first kappa shape index (κ1) is 20.1. The maximum absolute atomic E-state index is 12.3. The quantitative estimate of drug-likeness (QED) is 0.617. The van der Waals surface area contributed by atoms with Crippen molar-refractivity contribution in [1.82, 2.24) is 14.9 Å². The normalized spacial score (nSPS) is 11.4. The fourth-order valence-corrected chi connectivity index (χ4v) is 4.14. The summed E-state index contributed by atoms with van der Waals surface area (Å²) in [5.41, 5.74) is 2.60. The van der Waals surface area contributed by atoms with Crippen molar-refractivity contribution in [1.29, 1.82) is 0 Å². The van der Waals surface area contributed by atoms with Crippen molar-refractivity contribution < 1.29 is 13.2 Å². The number of anilines is 1. The van der Waals surface area contributed by atoms with Gasteiger partial charge in [-0.25, -0.2) is 13.1 Å². The second-order valence-corrected chi connectivity index (χ2v) is 9.11. The van der Waals surface area contributed by atoms with Crippen LogP contribution >= 0.6 is 11.3 Å². The maximum Gasteiger partial charge on any atom is 0.257 e. The van der Waals surface area contributed by atoms with Crippen LogP contribution in [0.5, 0.6) is 0 Å². The summed E-state index contributed by atoms with van der Waals surface area (Å²) >= 11 is 1.22. The van der Waals surface area contributed by atoms with Crippen LogP contribution in [0.1, 0.15) is 26.5 Å². The lowest BCUT2D eigenvalue weighted by molar-refractivity contribution is 0.102. The second kappa shape index (κ2) is 8.59. The summed E-state index contributed by atoms with van der Waals surface area (Å²) in [6.07, 6.45) is 0.378. The lowest BCUT2D eigenvalue weighted by Gasteiger charge is -2.05. The van der Waals surface area contributed by atoms with E-state index in [1.54, 1.807) is 36.4 Å². The molecular formula is C19H20N4O3S2.